The van der Waals surface area contributed by atoms with Crippen molar-refractivity contribution in [1.82, 2.24) is 5.01 Å². The molecule has 0 aromatic heterocycles. The second-order valence-corrected chi connectivity index (χ2v) is 3.74. The summed E-state index contributed by atoms with van der Waals surface area (Å²) in [6.45, 7) is 7.53. The zero-order valence-corrected chi connectivity index (χ0v) is 10.2. The van der Waals surface area contributed by atoms with Gasteiger partial charge in [-0.25, -0.2) is 5.01 Å². The van der Waals surface area contributed by atoms with Crippen LogP contribution in [0, 0.1) is 0 Å². The van der Waals surface area contributed by atoms with Crippen molar-refractivity contribution < 1.29 is 0 Å². The first-order valence-electron chi connectivity index (χ1n) is 5.14. The Labute approximate surface area is 97.6 Å². The average molecular weight is 217 g/mol. The van der Waals surface area contributed by atoms with Gasteiger partial charge in [0.2, 0.25) is 0 Å². The molecule has 86 valence electrons. The highest BCUT2D eigenvalue weighted by atomic mass is 15.6. The first-order valence-corrected chi connectivity index (χ1v) is 5.14. The minimum atomic E-state index is 0.791. The number of nitrogens with one attached hydrogen (secondary N) is 1. The van der Waals surface area contributed by atoms with Gasteiger partial charge in [-0.2, -0.15) is 0 Å². The molecule has 0 aliphatic rings. The third-order valence-electron chi connectivity index (χ3n) is 2.39. The maximum absolute atomic E-state index is 3.85. The maximum atomic E-state index is 3.85. The lowest BCUT2D eigenvalue weighted by molar-refractivity contribution is 0.398. The van der Waals surface area contributed by atoms with Crippen LogP contribution in [0.4, 0.5) is 11.4 Å². The van der Waals surface area contributed by atoms with Crippen molar-refractivity contribution in [2.24, 2.45) is 0 Å². The number of nitrogens with zero attached hydrogens (tertiary/aromatic N) is 2. The summed E-state index contributed by atoms with van der Waals surface area (Å²) < 4.78 is 0. The lowest BCUT2D eigenvalue weighted by Gasteiger charge is -2.28. The van der Waals surface area contributed by atoms with Crippen molar-refractivity contribution in [2.75, 3.05) is 31.5 Å². The Bertz CT molecular complexity index is 383. The topological polar surface area (TPSA) is 18.5 Å². The van der Waals surface area contributed by atoms with Crippen LogP contribution >= 0.6 is 0 Å². The van der Waals surface area contributed by atoms with Gasteiger partial charge in [-0.1, -0.05) is 25.3 Å². The normalized spacial score (nSPS) is 10.0. The van der Waals surface area contributed by atoms with Crippen LogP contribution in [-0.4, -0.2) is 26.2 Å². The fourth-order valence-corrected chi connectivity index (χ4v) is 1.30. The molecule has 0 saturated carbocycles. The second-order valence-electron chi connectivity index (χ2n) is 3.74. The number of hydrazine groups is 1. The van der Waals surface area contributed by atoms with Gasteiger partial charge in [-0.05, 0) is 18.2 Å². The van der Waals surface area contributed by atoms with Crippen molar-refractivity contribution in [3.63, 3.8) is 0 Å². The van der Waals surface area contributed by atoms with E-state index < -0.39 is 0 Å². The van der Waals surface area contributed by atoms with Crippen molar-refractivity contribution in [3.8, 4) is 0 Å². The van der Waals surface area contributed by atoms with Crippen LogP contribution in [-0.2, 0) is 0 Å². The number of allylic oxidation sites excluding steroid dienone is 1. The smallest absolute Gasteiger partial charge is 0.0753 e. The van der Waals surface area contributed by atoms with Crippen molar-refractivity contribution in [1.29, 1.82) is 0 Å². The number of para-hydroxylation sites is 2. The standard InChI is InChI=1S/C13H19N3/c1-6-11(2)14-12-9-7-8-10-13(12)16(5)15(3)4/h6-10,14H,1-2H2,3-5H3. The van der Waals surface area contributed by atoms with E-state index in [-0.39, 0.29) is 0 Å². The summed E-state index contributed by atoms with van der Waals surface area (Å²) in [6, 6.07) is 8.08. The van der Waals surface area contributed by atoms with Crippen LogP contribution < -0.4 is 10.3 Å². The SMILES string of the molecule is C=CC(=C)Nc1ccccc1N(C)N(C)C. The van der Waals surface area contributed by atoms with Crippen LogP contribution in [0.25, 0.3) is 0 Å². The van der Waals surface area contributed by atoms with Gasteiger partial charge in [0.05, 0.1) is 11.4 Å². The third-order valence-corrected chi connectivity index (χ3v) is 2.39. The molecule has 1 aromatic rings. The van der Waals surface area contributed by atoms with Gasteiger partial charge in [0.1, 0.15) is 0 Å². The molecule has 1 N–H and O–H groups in total. The highest BCUT2D eigenvalue weighted by Crippen LogP contribution is 2.25. The molecule has 0 saturated heterocycles. The zero-order valence-electron chi connectivity index (χ0n) is 10.2. The first-order chi connectivity index (χ1) is 7.56. The van der Waals surface area contributed by atoms with Gasteiger partial charge in [0.25, 0.3) is 0 Å². The predicted molar refractivity (Wildman–Crippen MR) is 71.5 cm³/mol. The molecule has 0 bridgehead atoms. The summed E-state index contributed by atoms with van der Waals surface area (Å²) in [7, 11) is 6.01. The molecule has 0 heterocycles. The maximum Gasteiger partial charge on any atom is 0.0753 e. The minimum absolute atomic E-state index is 0.791. The monoisotopic (exact) mass is 217 g/mol. The van der Waals surface area contributed by atoms with Crippen molar-refractivity contribution in [2.45, 2.75) is 0 Å². The molecular weight excluding hydrogens is 198 g/mol. The number of hydrogen-bond acceptors (Lipinski definition) is 3. The highest BCUT2D eigenvalue weighted by Gasteiger charge is 2.07. The van der Waals surface area contributed by atoms with Gasteiger partial charge in [-0.15, -0.1) is 0 Å². The average Bonchev–Trinajstić information content (AvgIpc) is 2.28. The van der Waals surface area contributed by atoms with Gasteiger partial charge in [-0.3, -0.25) is 0 Å². The fourth-order valence-electron chi connectivity index (χ4n) is 1.30. The predicted octanol–water partition coefficient (Wildman–Crippen LogP) is 2.71. The van der Waals surface area contributed by atoms with Gasteiger partial charge in [0, 0.05) is 26.8 Å². The summed E-state index contributed by atoms with van der Waals surface area (Å²) in [4.78, 5) is 0. The van der Waals surface area contributed by atoms with Crippen LogP contribution in [0.1, 0.15) is 0 Å². The summed E-state index contributed by atoms with van der Waals surface area (Å²) in [6.07, 6.45) is 1.70. The Kier molecular flexibility index (Phi) is 4.14. The Morgan fingerprint density at radius 1 is 1.25 bits per heavy atom. The van der Waals surface area contributed by atoms with Crippen LogP contribution in [0.15, 0.2) is 49.2 Å². The summed E-state index contributed by atoms with van der Waals surface area (Å²) in [5.74, 6) is 0. The lowest BCUT2D eigenvalue weighted by Crippen LogP contribution is -2.33. The Morgan fingerprint density at radius 2 is 1.88 bits per heavy atom. The Morgan fingerprint density at radius 3 is 2.44 bits per heavy atom. The molecule has 1 rings (SSSR count). The van der Waals surface area contributed by atoms with Crippen LogP contribution in [0.3, 0.4) is 0 Å². The zero-order chi connectivity index (χ0) is 12.1. The van der Waals surface area contributed by atoms with E-state index in [0.717, 1.165) is 17.1 Å². The van der Waals surface area contributed by atoms with E-state index in [0.29, 0.717) is 0 Å². The van der Waals surface area contributed by atoms with E-state index in [4.69, 9.17) is 0 Å². The summed E-state index contributed by atoms with van der Waals surface area (Å²) >= 11 is 0. The number of benzene rings is 1. The van der Waals surface area contributed by atoms with E-state index in [1.807, 2.05) is 44.4 Å². The number of anilines is 2. The molecule has 1 aromatic carbocycles. The van der Waals surface area contributed by atoms with Crippen LogP contribution in [0.5, 0.6) is 0 Å². The van der Waals surface area contributed by atoms with E-state index in [9.17, 15) is 0 Å². The highest BCUT2D eigenvalue weighted by molar-refractivity contribution is 5.71. The molecular formula is C13H19N3. The van der Waals surface area contributed by atoms with E-state index >= 15 is 0 Å². The molecule has 0 atom stereocenters. The Hall–Kier alpha value is -1.74. The van der Waals surface area contributed by atoms with Gasteiger partial charge >= 0.3 is 0 Å². The molecule has 3 nitrogen and oxygen atoms in total. The molecule has 0 amide bonds. The quantitative estimate of drug-likeness (QED) is 0.604. The first kappa shape index (κ1) is 12.3. The second kappa shape index (κ2) is 5.37. The van der Waals surface area contributed by atoms with Crippen LogP contribution in [0.2, 0.25) is 0 Å². The van der Waals surface area contributed by atoms with Crippen molar-refractivity contribution in [3.05, 3.63) is 49.2 Å². The van der Waals surface area contributed by atoms with Gasteiger partial charge in [0.15, 0.2) is 0 Å². The summed E-state index contributed by atoms with van der Waals surface area (Å²) in [5, 5.41) is 7.28. The molecule has 0 unspecified atom stereocenters. The number of rotatable bonds is 5. The van der Waals surface area contributed by atoms with E-state index in [1.165, 1.54) is 0 Å². The molecule has 0 spiro atoms. The molecule has 0 aliphatic heterocycles. The number of hydrogen-bond donors (Lipinski definition) is 1. The fraction of sp³-hybridized carbons (Fsp3) is 0.231. The van der Waals surface area contributed by atoms with Crippen molar-refractivity contribution >= 4 is 11.4 Å². The Balaban J connectivity index is 3.00. The molecule has 0 fully saturated rings. The lowest BCUT2D eigenvalue weighted by atomic mass is 10.2. The molecule has 16 heavy (non-hydrogen) atoms. The van der Waals surface area contributed by atoms with E-state index in [1.54, 1.807) is 6.08 Å². The van der Waals surface area contributed by atoms with E-state index in [2.05, 4.69) is 29.5 Å². The third kappa shape index (κ3) is 2.87. The molecule has 0 aliphatic carbocycles. The van der Waals surface area contributed by atoms with Gasteiger partial charge < -0.3 is 10.3 Å². The minimum Gasteiger partial charge on any atom is -0.354 e. The molecule has 3 heteroatoms. The largest absolute Gasteiger partial charge is 0.354 e. The summed E-state index contributed by atoms with van der Waals surface area (Å²) in [5.41, 5.74) is 2.90. The molecule has 0 radical (unpaired) electrons.